The highest BCUT2D eigenvalue weighted by atomic mass is 32.2. The highest BCUT2D eigenvalue weighted by Crippen LogP contribution is 2.26. The molecular formula is C11H17NO5S. The van der Waals surface area contributed by atoms with Crippen molar-refractivity contribution >= 4 is 16.0 Å². The molecule has 0 atom stereocenters. The monoisotopic (exact) mass is 275 g/mol. The van der Waals surface area contributed by atoms with Gasteiger partial charge in [-0.05, 0) is 32.4 Å². The molecule has 0 aliphatic rings. The van der Waals surface area contributed by atoms with Crippen LogP contribution in [0.1, 0.15) is 37.7 Å². The first-order valence-corrected chi connectivity index (χ1v) is 6.89. The van der Waals surface area contributed by atoms with E-state index in [1.165, 1.54) is 11.4 Å². The molecule has 1 rings (SSSR count). The fourth-order valence-electron chi connectivity index (χ4n) is 1.26. The topological polar surface area (TPSA) is 87.8 Å². The molecule has 0 aliphatic heterocycles. The minimum Gasteiger partial charge on any atom is -0.475 e. The van der Waals surface area contributed by atoms with E-state index in [1.807, 2.05) is 6.92 Å². The summed E-state index contributed by atoms with van der Waals surface area (Å²) in [5.74, 6) is -1.69. The molecule has 0 unspecified atom stereocenters. The Bertz CT molecular complexity index is 544. The minimum atomic E-state index is -3.82. The summed E-state index contributed by atoms with van der Waals surface area (Å²) >= 11 is 0. The standard InChI is InChI=1S/C11H17NO5S/c1-5-11(2,3)12(4)18(15,16)9-7-6-8(17-9)10(13)14/h6-7H,5H2,1-4H3,(H,13,14). The van der Waals surface area contributed by atoms with Gasteiger partial charge in [-0.25, -0.2) is 13.2 Å². The van der Waals surface area contributed by atoms with Crippen LogP contribution < -0.4 is 0 Å². The van der Waals surface area contributed by atoms with Crippen molar-refractivity contribution in [2.45, 2.75) is 37.8 Å². The Hall–Kier alpha value is -1.34. The molecule has 0 spiro atoms. The van der Waals surface area contributed by atoms with Crippen molar-refractivity contribution in [1.82, 2.24) is 4.31 Å². The predicted octanol–water partition coefficient (Wildman–Crippen LogP) is 1.79. The highest BCUT2D eigenvalue weighted by molar-refractivity contribution is 7.89. The second-order valence-corrected chi connectivity index (χ2v) is 6.46. The predicted molar refractivity (Wildman–Crippen MR) is 65.0 cm³/mol. The zero-order valence-electron chi connectivity index (χ0n) is 10.8. The number of carboxylic acid groups (broad SMARTS) is 1. The second kappa shape index (κ2) is 4.74. The van der Waals surface area contributed by atoms with Crippen LogP contribution in [0.3, 0.4) is 0 Å². The van der Waals surface area contributed by atoms with Crippen LogP contribution >= 0.6 is 0 Å². The van der Waals surface area contributed by atoms with Gasteiger partial charge in [-0.3, -0.25) is 0 Å². The van der Waals surface area contributed by atoms with Crippen molar-refractivity contribution in [3.8, 4) is 0 Å². The Morgan fingerprint density at radius 1 is 1.44 bits per heavy atom. The molecule has 0 aromatic carbocycles. The summed E-state index contributed by atoms with van der Waals surface area (Å²) in [4.78, 5) is 10.7. The van der Waals surface area contributed by atoms with Crippen LogP contribution in [0, 0.1) is 0 Å². The lowest BCUT2D eigenvalue weighted by atomic mass is 10.0. The van der Waals surface area contributed by atoms with E-state index in [2.05, 4.69) is 0 Å². The van der Waals surface area contributed by atoms with Gasteiger partial charge in [-0.2, -0.15) is 4.31 Å². The van der Waals surface area contributed by atoms with Crippen LogP contribution in [0.5, 0.6) is 0 Å². The molecule has 0 amide bonds. The lowest BCUT2D eigenvalue weighted by molar-refractivity contribution is 0.0656. The normalized spacial score (nSPS) is 12.9. The van der Waals surface area contributed by atoms with E-state index < -0.39 is 27.3 Å². The van der Waals surface area contributed by atoms with Crippen molar-refractivity contribution in [1.29, 1.82) is 0 Å². The SMILES string of the molecule is CCC(C)(C)N(C)S(=O)(=O)c1ccc(C(=O)O)o1. The molecule has 0 aliphatic carbocycles. The van der Waals surface area contributed by atoms with Crippen molar-refractivity contribution in [3.05, 3.63) is 17.9 Å². The molecule has 7 heteroatoms. The van der Waals surface area contributed by atoms with Crippen molar-refractivity contribution in [2.75, 3.05) is 7.05 Å². The molecule has 6 nitrogen and oxygen atoms in total. The van der Waals surface area contributed by atoms with Gasteiger partial charge in [0, 0.05) is 12.6 Å². The highest BCUT2D eigenvalue weighted by Gasteiger charge is 2.35. The summed E-state index contributed by atoms with van der Waals surface area (Å²) < 4.78 is 30.5. The summed E-state index contributed by atoms with van der Waals surface area (Å²) in [6.45, 7) is 5.44. The fraction of sp³-hybridized carbons (Fsp3) is 0.545. The first kappa shape index (κ1) is 14.7. The first-order valence-electron chi connectivity index (χ1n) is 5.45. The summed E-state index contributed by atoms with van der Waals surface area (Å²) in [6.07, 6.45) is 0.620. The van der Waals surface area contributed by atoms with Crippen molar-refractivity contribution in [2.24, 2.45) is 0 Å². The number of aromatic carboxylic acids is 1. The van der Waals surface area contributed by atoms with Gasteiger partial charge in [0.1, 0.15) is 0 Å². The van der Waals surface area contributed by atoms with E-state index in [0.717, 1.165) is 12.1 Å². The molecule has 0 saturated carbocycles. The van der Waals surface area contributed by atoms with Gasteiger partial charge >= 0.3 is 5.97 Å². The Morgan fingerprint density at radius 2 is 2.00 bits per heavy atom. The zero-order valence-corrected chi connectivity index (χ0v) is 11.6. The molecular weight excluding hydrogens is 258 g/mol. The van der Waals surface area contributed by atoms with E-state index in [1.54, 1.807) is 13.8 Å². The quantitative estimate of drug-likeness (QED) is 0.885. The average Bonchev–Trinajstić information content (AvgIpc) is 2.77. The smallest absolute Gasteiger partial charge is 0.371 e. The maximum Gasteiger partial charge on any atom is 0.371 e. The summed E-state index contributed by atoms with van der Waals surface area (Å²) in [5, 5.41) is 8.35. The van der Waals surface area contributed by atoms with Gasteiger partial charge < -0.3 is 9.52 Å². The van der Waals surface area contributed by atoms with Crippen LogP contribution in [0.15, 0.2) is 21.6 Å². The third kappa shape index (κ3) is 2.56. The molecule has 0 radical (unpaired) electrons. The molecule has 1 heterocycles. The third-order valence-electron chi connectivity index (χ3n) is 3.12. The maximum atomic E-state index is 12.2. The van der Waals surface area contributed by atoms with E-state index in [4.69, 9.17) is 9.52 Å². The largest absolute Gasteiger partial charge is 0.475 e. The Labute approximate surface area is 106 Å². The number of nitrogens with zero attached hydrogens (tertiary/aromatic N) is 1. The Balaban J connectivity index is 3.17. The van der Waals surface area contributed by atoms with Crippen LogP contribution in [0.25, 0.3) is 0 Å². The molecule has 0 saturated heterocycles. The number of sulfonamides is 1. The van der Waals surface area contributed by atoms with Gasteiger partial charge in [0.2, 0.25) is 10.9 Å². The molecule has 0 fully saturated rings. The molecule has 102 valence electrons. The fourth-order valence-corrected chi connectivity index (χ4v) is 2.74. The average molecular weight is 275 g/mol. The summed E-state index contributed by atoms with van der Waals surface area (Å²) in [6, 6.07) is 2.28. The number of carboxylic acids is 1. The van der Waals surface area contributed by atoms with Gasteiger partial charge in [0.15, 0.2) is 0 Å². The lowest BCUT2D eigenvalue weighted by Crippen LogP contribution is -2.44. The summed E-state index contributed by atoms with van der Waals surface area (Å²) in [7, 11) is -2.37. The Kier molecular flexibility index (Phi) is 3.87. The third-order valence-corrected chi connectivity index (χ3v) is 5.07. The van der Waals surface area contributed by atoms with Crippen molar-refractivity contribution < 1.29 is 22.7 Å². The van der Waals surface area contributed by atoms with Crippen molar-refractivity contribution in [3.63, 3.8) is 0 Å². The van der Waals surface area contributed by atoms with E-state index in [0.29, 0.717) is 6.42 Å². The molecule has 1 N–H and O–H groups in total. The van der Waals surface area contributed by atoms with E-state index in [9.17, 15) is 13.2 Å². The lowest BCUT2D eigenvalue weighted by Gasteiger charge is -2.32. The van der Waals surface area contributed by atoms with E-state index >= 15 is 0 Å². The molecule has 18 heavy (non-hydrogen) atoms. The van der Waals surface area contributed by atoms with Gasteiger partial charge in [-0.1, -0.05) is 6.92 Å². The number of hydrogen-bond donors (Lipinski definition) is 1. The van der Waals surface area contributed by atoms with Gasteiger partial charge in [0.05, 0.1) is 0 Å². The Morgan fingerprint density at radius 3 is 2.39 bits per heavy atom. The maximum absolute atomic E-state index is 12.2. The number of hydrogen-bond acceptors (Lipinski definition) is 4. The van der Waals surface area contributed by atoms with Gasteiger partial charge in [0.25, 0.3) is 10.0 Å². The zero-order chi connectivity index (χ0) is 14.1. The summed E-state index contributed by atoms with van der Waals surface area (Å²) in [5.41, 5.74) is -0.574. The van der Waals surface area contributed by atoms with Crippen LogP contribution in [0.2, 0.25) is 0 Å². The first-order chi connectivity index (χ1) is 8.13. The minimum absolute atomic E-state index is 0.357. The number of rotatable bonds is 5. The molecule has 1 aromatic rings. The van der Waals surface area contributed by atoms with E-state index in [-0.39, 0.29) is 5.09 Å². The van der Waals surface area contributed by atoms with Crippen LogP contribution in [-0.2, 0) is 10.0 Å². The van der Waals surface area contributed by atoms with Gasteiger partial charge in [-0.15, -0.1) is 0 Å². The van der Waals surface area contributed by atoms with Crippen LogP contribution in [-0.4, -0.2) is 36.4 Å². The molecule has 1 aromatic heterocycles. The number of furan rings is 1. The van der Waals surface area contributed by atoms with Crippen LogP contribution in [0.4, 0.5) is 0 Å². The molecule has 0 bridgehead atoms. The number of carbonyl (C=O) groups is 1. The second-order valence-electron chi connectivity index (χ2n) is 4.56.